The maximum atomic E-state index is 2.37. The van der Waals surface area contributed by atoms with E-state index >= 15 is 0 Å². The lowest BCUT2D eigenvalue weighted by Crippen LogP contribution is -2.09. The first kappa shape index (κ1) is 32.2. The molecule has 0 saturated heterocycles. The molecule has 0 N–H and O–H groups in total. The molecule has 1 aliphatic rings. The van der Waals surface area contributed by atoms with Crippen LogP contribution in [0.5, 0.6) is 0 Å². The largest absolute Gasteiger partial charge is 0.311 e. The van der Waals surface area contributed by atoms with Crippen LogP contribution in [0.15, 0.2) is 212 Å². The van der Waals surface area contributed by atoms with Gasteiger partial charge in [0.15, 0.2) is 0 Å². The molecular weight excluding hydrogens is 639 g/mol. The second-order valence-corrected chi connectivity index (χ2v) is 13.7. The van der Waals surface area contributed by atoms with E-state index in [1.165, 1.54) is 66.4 Å². The van der Waals surface area contributed by atoms with Crippen molar-refractivity contribution in [1.82, 2.24) is 0 Å². The standard InChI is InChI=1S/C52H39N/c1-4-13-38(14-5-1)41-23-29-48(30-24-41)53(49-31-25-42(26-32-49)39-15-6-2-7-16-39)50-33-27-43(28-34-50)44-20-12-21-46(35-44)52-37-47(40-17-8-3-9-18-40)36-45-19-10-11-22-51(45)52/h1-2,4-8,10-37H,3,9H2. The molecule has 0 fully saturated rings. The minimum Gasteiger partial charge on any atom is -0.311 e. The minimum atomic E-state index is 1.09. The van der Waals surface area contributed by atoms with Crippen molar-refractivity contribution in [3.05, 3.63) is 218 Å². The molecule has 0 bridgehead atoms. The van der Waals surface area contributed by atoms with Crippen molar-refractivity contribution in [3.8, 4) is 44.5 Å². The monoisotopic (exact) mass is 677 g/mol. The zero-order valence-electron chi connectivity index (χ0n) is 29.6. The zero-order chi connectivity index (χ0) is 35.4. The van der Waals surface area contributed by atoms with Gasteiger partial charge < -0.3 is 4.90 Å². The molecule has 0 spiro atoms. The van der Waals surface area contributed by atoms with Crippen LogP contribution in [-0.2, 0) is 0 Å². The average molecular weight is 678 g/mol. The van der Waals surface area contributed by atoms with Crippen LogP contribution in [0.2, 0.25) is 0 Å². The number of hydrogen-bond acceptors (Lipinski definition) is 1. The smallest absolute Gasteiger partial charge is 0.0462 e. The molecule has 0 radical (unpaired) electrons. The van der Waals surface area contributed by atoms with E-state index in [0.29, 0.717) is 0 Å². The summed E-state index contributed by atoms with van der Waals surface area (Å²) in [6, 6.07) is 70.4. The third kappa shape index (κ3) is 6.73. The van der Waals surface area contributed by atoms with Crippen molar-refractivity contribution in [2.45, 2.75) is 12.8 Å². The van der Waals surface area contributed by atoms with Crippen molar-refractivity contribution in [2.75, 3.05) is 4.90 Å². The van der Waals surface area contributed by atoms with Crippen molar-refractivity contribution >= 4 is 33.4 Å². The van der Waals surface area contributed by atoms with Gasteiger partial charge in [0.25, 0.3) is 0 Å². The predicted molar refractivity (Wildman–Crippen MR) is 227 cm³/mol. The number of fused-ring (bicyclic) bond motifs is 1. The summed E-state index contributed by atoms with van der Waals surface area (Å²) in [5, 5.41) is 2.54. The first-order valence-electron chi connectivity index (χ1n) is 18.5. The molecule has 1 nitrogen and oxygen atoms in total. The number of benzene rings is 8. The molecule has 53 heavy (non-hydrogen) atoms. The Bertz CT molecular complexity index is 2480. The normalized spacial score (nSPS) is 12.4. The highest BCUT2D eigenvalue weighted by Crippen LogP contribution is 2.39. The van der Waals surface area contributed by atoms with Crippen molar-refractivity contribution in [1.29, 1.82) is 0 Å². The van der Waals surface area contributed by atoms with Crippen LogP contribution < -0.4 is 4.90 Å². The van der Waals surface area contributed by atoms with E-state index in [4.69, 9.17) is 0 Å². The van der Waals surface area contributed by atoms with Crippen LogP contribution >= 0.6 is 0 Å². The predicted octanol–water partition coefficient (Wildman–Crippen LogP) is 14.7. The Morgan fingerprint density at radius 1 is 0.340 bits per heavy atom. The van der Waals surface area contributed by atoms with Gasteiger partial charge in [-0.1, -0.05) is 158 Å². The third-order valence-electron chi connectivity index (χ3n) is 10.3. The summed E-state index contributed by atoms with van der Waals surface area (Å²) in [4.78, 5) is 2.34. The Kier molecular flexibility index (Phi) is 8.82. The maximum absolute atomic E-state index is 2.37. The Balaban J connectivity index is 1.07. The fraction of sp³-hybridized carbons (Fsp3) is 0.0385. The molecular formula is C52H39N. The van der Waals surface area contributed by atoms with E-state index in [-0.39, 0.29) is 0 Å². The van der Waals surface area contributed by atoms with E-state index in [9.17, 15) is 0 Å². The van der Waals surface area contributed by atoms with Gasteiger partial charge in [0.1, 0.15) is 0 Å². The van der Waals surface area contributed by atoms with Crippen LogP contribution in [0, 0.1) is 0 Å². The van der Waals surface area contributed by atoms with Crippen LogP contribution in [0.1, 0.15) is 18.4 Å². The molecule has 0 atom stereocenters. The lowest BCUT2D eigenvalue weighted by atomic mass is 9.90. The van der Waals surface area contributed by atoms with Gasteiger partial charge in [0.05, 0.1) is 0 Å². The van der Waals surface area contributed by atoms with Gasteiger partial charge >= 0.3 is 0 Å². The molecule has 8 aromatic carbocycles. The molecule has 0 amide bonds. The molecule has 0 aromatic heterocycles. The lowest BCUT2D eigenvalue weighted by Gasteiger charge is -2.26. The van der Waals surface area contributed by atoms with Gasteiger partial charge in [-0.05, 0) is 134 Å². The Morgan fingerprint density at radius 2 is 0.830 bits per heavy atom. The van der Waals surface area contributed by atoms with E-state index < -0.39 is 0 Å². The van der Waals surface area contributed by atoms with Gasteiger partial charge in [0, 0.05) is 17.1 Å². The average Bonchev–Trinajstić information content (AvgIpc) is 3.25. The lowest BCUT2D eigenvalue weighted by molar-refractivity contribution is 1.04. The Morgan fingerprint density at radius 3 is 1.40 bits per heavy atom. The Hall–Kier alpha value is -6.70. The second kappa shape index (κ2) is 14.5. The summed E-state index contributed by atoms with van der Waals surface area (Å²) in [5.74, 6) is 0. The van der Waals surface area contributed by atoms with E-state index in [1.54, 1.807) is 0 Å². The van der Waals surface area contributed by atoms with E-state index in [0.717, 1.165) is 29.9 Å². The zero-order valence-corrected chi connectivity index (χ0v) is 29.6. The fourth-order valence-electron chi connectivity index (χ4n) is 7.53. The van der Waals surface area contributed by atoms with Crippen LogP contribution in [0.3, 0.4) is 0 Å². The number of anilines is 3. The highest BCUT2D eigenvalue weighted by Gasteiger charge is 2.15. The van der Waals surface area contributed by atoms with Gasteiger partial charge in [-0.3, -0.25) is 0 Å². The van der Waals surface area contributed by atoms with Crippen molar-refractivity contribution < 1.29 is 0 Å². The highest BCUT2D eigenvalue weighted by molar-refractivity contribution is 6.00. The molecule has 9 rings (SSSR count). The fourth-order valence-corrected chi connectivity index (χ4v) is 7.53. The molecule has 252 valence electrons. The summed E-state index contributed by atoms with van der Waals surface area (Å²) in [6.07, 6.45) is 9.13. The van der Waals surface area contributed by atoms with Gasteiger partial charge in [-0.2, -0.15) is 0 Å². The van der Waals surface area contributed by atoms with Gasteiger partial charge in [0.2, 0.25) is 0 Å². The van der Waals surface area contributed by atoms with Gasteiger partial charge in [-0.25, -0.2) is 0 Å². The number of nitrogens with zero attached hydrogens (tertiary/aromatic N) is 1. The summed E-state index contributed by atoms with van der Waals surface area (Å²) >= 11 is 0. The first-order valence-corrected chi connectivity index (χ1v) is 18.5. The van der Waals surface area contributed by atoms with E-state index in [1.807, 2.05) is 0 Å². The summed E-state index contributed by atoms with van der Waals surface area (Å²) in [6.45, 7) is 0. The van der Waals surface area contributed by atoms with E-state index in [2.05, 4.69) is 217 Å². The second-order valence-electron chi connectivity index (χ2n) is 13.7. The molecule has 0 unspecified atom stereocenters. The molecule has 8 aromatic rings. The molecule has 1 heteroatoms. The SMILES string of the molecule is C1=CC(c2cc(-c3cccc(-c4ccc(N(c5ccc(-c6ccccc6)cc5)c5ccc(-c6ccccc6)cc5)cc4)c3)c3ccccc3c2)=CCC1. The van der Waals surface area contributed by atoms with Gasteiger partial charge in [-0.15, -0.1) is 0 Å². The topological polar surface area (TPSA) is 3.24 Å². The number of allylic oxidation sites excluding steroid dienone is 4. The summed E-state index contributed by atoms with van der Waals surface area (Å²) in [7, 11) is 0. The summed E-state index contributed by atoms with van der Waals surface area (Å²) in [5.41, 5.74) is 15.6. The third-order valence-corrected chi connectivity index (χ3v) is 10.3. The molecule has 0 heterocycles. The van der Waals surface area contributed by atoms with Crippen LogP contribution in [-0.4, -0.2) is 0 Å². The molecule has 1 aliphatic carbocycles. The Labute approximate surface area is 312 Å². The van der Waals surface area contributed by atoms with Crippen molar-refractivity contribution in [2.24, 2.45) is 0 Å². The van der Waals surface area contributed by atoms with Crippen LogP contribution in [0.25, 0.3) is 60.9 Å². The van der Waals surface area contributed by atoms with Crippen LogP contribution in [0.4, 0.5) is 17.1 Å². The number of hydrogen-bond donors (Lipinski definition) is 0. The maximum Gasteiger partial charge on any atom is 0.0462 e. The first-order chi connectivity index (χ1) is 26.3. The molecule has 0 aliphatic heterocycles. The minimum absolute atomic E-state index is 1.09. The summed E-state index contributed by atoms with van der Waals surface area (Å²) < 4.78 is 0. The highest BCUT2D eigenvalue weighted by atomic mass is 15.1. The number of rotatable bonds is 8. The quantitative estimate of drug-likeness (QED) is 0.155. The molecule has 0 saturated carbocycles. The van der Waals surface area contributed by atoms with Crippen molar-refractivity contribution in [3.63, 3.8) is 0 Å².